The molecule has 0 radical (unpaired) electrons. The molecule has 1 heterocycles. The third-order valence-corrected chi connectivity index (χ3v) is 4.13. The zero-order valence-corrected chi connectivity index (χ0v) is 15.4. The van der Waals surface area contributed by atoms with Gasteiger partial charge < -0.3 is 15.3 Å². The second-order valence-corrected chi connectivity index (χ2v) is 6.17. The molecule has 0 saturated heterocycles. The lowest BCUT2D eigenvalue weighted by Crippen LogP contribution is -2.23. The number of aromatic carboxylic acids is 1. The zero-order chi connectivity index (χ0) is 19.2. The number of carboxylic acid groups (broad SMARTS) is 1. The Balaban J connectivity index is 1.85. The van der Waals surface area contributed by atoms with Crippen LogP contribution in [0.3, 0.4) is 0 Å². The molecule has 6 heteroatoms. The van der Waals surface area contributed by atoms with E-state index in [4.69, 9.17) is 5.11 Å². The first-order valence-corrected chi connectivity index (χ1v) is 8.80. The van der Waals surface area contributed by atoms with Crippen LogP contribution in [-0.2, 0) is 6.54 Å². The maximum Gasteiger partial charge on any atom is 0.335 e. The number of rotatable bonds is 7. The Hall–Kier alpha value is -3.41. The molecule has 138 valence electrons. The molecule has 2 aromatic carbocycles. The van der Waals surface area contributed by atoms with Gasteiger partial charge in [-0.25, -0.2) is 14.8 Å². The summed E-state index contributed by atoms with van der Waals surface area (Å²) in [6.45, 7) is 5.49. The number of nitrogens with one attached hydrogen (secondary N) is 1. The van der Waals surface area contributed by atoms with E-state index in [-0.39, 0.29) is 5.56 Å². The van der Waals surface area contributed by atoms with Gasteiger partial charge in [-0.2, -0.15) is 0 Å². The van der Waals surface area contributed by atoms with Crippen molar-refractivity contribution in [3.8, 4) is 0 Å². The lowest BCUT2D eigenvalue weighted by atomic mass is 10.2. The molecule has 0 atom stereocenters. The van der Waals surface area contributed by atoms with Crippen molar-refractivity contribution in [3.63, 3.8) is 0 Å². The van der Waals surface area contributed by atoms with Crippen molar-refractivity contribution >= 4 is 23.3 Å². The summed E-state index contributed by atoms with van der Waals surface area (Å²) in [6, 6.07) is 18.8. The summed E-state index contributed by atoms with van der Waals surface area (Å²) < 4.78 is 0. The van der Waals surface area contributed by atoms with Crippen molar-refractivity contribution in [2.24, 2.45) is 0 Å². The fourth-order valence-electron chi connectivity index (χ4n) is 2.81. The Bertz CT molecular complexity index is 928. The van der Waals surface area contributed by atoms with Crippen molar-refractivity contribution in [2.45, 2.75) is 20.4 Å². The fraction of sp³-hybridized carbons (Fsp3) is 0.190. The summed E-state index contributed by atoms with van der Waals surface area (Å²) in [5, 5.41) is 12.3. The molecule has 3 rings (SSSR count). The maximum atomic E-state index is 11.2. The normalized spacial score (nSPS) is 10.4. The Kier molecular flexibility index (Phi) is 5.66. The van der Waals surface area contributed by atoms with E-state index in [0.29, 0.717) is 17.3 Å². The molecule has 0 aliphatic rings. The lowest BCUT2D eigenvalue weighted by Gasteiger charge is -2.23. The van der Waals surface area contributed by atoms with E-state index in [9.17, 15) is 4.79 Å². The monoisotopic (exact) mass is 362 g/mol. The number of hydrogen-bond donors (Lipinski definition) is 2. The molecule has 0 unspecified atom stereocenters. The molecule has 3 aromatic rings. The summed E-state index contributed by atoms with van der Waals surface area (Å²) in [5.41, 5.74) is 2.11. The highest BCUT2D eigenvalue weighted by atomic mass is 16.4. The first kappa shape index (κ1) is 18.4. The third-order valence-electron chi connectivity index (χ3n) is 4.13. The molecule has 0 saturated carbocycles. The highest BCUT2D eigenvalue weighted by Gasteiger charge is 2.11. The van der Waals surface area contributed by atoms with E-state index in [1.165, 1.54) is 5.56 Å². The van der Waals surface area contributed by atoms with Gasteiger partial charge in [0.15, 0.2) is 0 Å². The summed E-state index contributed by atoms with van der Waals surface area (Å²) in [6.07, 6.45) is 0. The first-order valence-electron chi connectivity index (χ1n) is 8.80. The number of anilines is 3. The van der Waals surface area contributed by atoms with E-state index in [0.717, 1.165) is 18.9 Å². The van der Waals surface area contributed by atoms with E-state index >= 15 is 0 Å². The molecule has 2 N–H and O–H groups in total. The molecule has 0 aliphatic heterocycles. The minimum atomic E-state index is -0.960. The molecule has 27 heavy (non-hydrogen) atoms. The smallest absolute Gasteiger partial charge is 0.335 e. The van der Waals surface area contributed by atoms with Crippen molar-refractivity contribution in [1.29, 1.82) is 0 Å². The average molecular weight is 362 g/mol. The largest absolute Gasteiger partial charge is 0.478 e. The summed E-state index contributed by atoms with van der Waals surface area (Å²) in [4.78, 5) is 22.3. The van der Waals surface area contributed by atoms with Crippen LogP contribution < -0.4 is 10.2 Å². The average Bonchev–Trinajstić information content (AvgIpc) is 2.66. The Morgan fingerprint density at radius 1 is 1.07 bits per heavy atom. The van der Waals surface area contributed by atoms with Crippen LogP contribution in [0.5, 0.6) is 0 Å². The van der Waals surface area contributed by atoms with Crippen LogP contribution >= 0.6 is 0 Å². The van der Waals surface area contributed by atoms with Gasteiger partial charge in [0, 0.05) is 24.8 Å². The molecule has 0 amide bonds. The lowest BCUT2D eigenvalue weighted by molar-refractivity contribution is 0.0697. The number of benzene rings is 2. The van der Waals surface area contributed by atoms with Crippen LogP contribution in [-0.4, -0.2) is 27.6 Å². The second kappa shape index (κ2) is 8.31. The minimum absolute atomic E-state index is 0.227. The number of carboxylic acids is 1. The summed E-state index contributed by atoms with van der Waals surface area (Å²) in [5.74, 6) is 1.14. The predicted molar refractivity (Wildman–Crippen MR) is 107 cm³/mol. The van der Waals surface area contributed by atoms with Crippen LogP contribution in [0, 0.1) is 6.92 Å². The van der Waals surface area contributed by atoms with Crippen molar-refractivity contribution in [3.05, 3.63) is 77.6 Å². The van der Waals surface area contributed by atoms with Gasteiger partial charge >= 0.3 is 5.97 Å². The van der Waals surface area contributed by atoms with Gasteiger partial charge in [0.2, 0.25) is 0 Å². The Labute approximate surface area is 158 Å². The predicted octanol–water partition coefficient (Wildman–Crippen LogP) is 4.25. The van der Waals surface area contributed by atoms with E-state index < -0.39 is 5.97 Å². The van der Waals surface area contributed by atoms with Gasteiger partial charge in [0.1, 0.15) is 17.5 Å². The molecule has 0 spiro atoms. The molecule has 0 fully saturated rings. The van der Waals surface area contributed by atoms with Crippen LogP contribution in [0.1, 0.15) is 28.7 Å². The molecular weight excluding hydrogens is 340 g/mol. The SMILES string of the molecule is CCN(Cc1ccccc1)c1cc(Nc2cccc(C(=O)O)c2)nc(C)n1. The second-order valence-electron chi connectivity index (χ2n) is 6.17. The van der Waals surface area contributed by atoms with Gasteiger partial charge in [-0.15, -0.1) is 0 Å². The first-order chi connectivity index (χ1) is 13.0. The van der Waals surface area contributed by atoms with Gasteiger partial charge in [-0.05, 0) is 37.6 Å². The Morgan fingerprint density at radius 2 is 1.85 bits per heavy atom. The van der Waals surface area contributed by atoms with Gasteiger partial charge in [0.25, 0.3) is 0 Å². The molecular formula is C21H22N4O2. The summed E-state index contributed by atoms with van der Waals surface area (Å²) in [7, 11) is 0. The highest BCUT2D eigenvalue weighted by Crippen LogP contribution is 2.22. The van der Waals surface area contributed by atoms with Crippen LogP contribution in [0.2, 0.25) is 0 Å². The van der Waals surface area contributed by atoms with Crippen molar-refractivity contribution in [2.75, 3.05) is 16.8 Å². The number of hydrogen-bond acceptors (Lipinski definition) is 5. The van der Waals surface area contributed by atoms with Crippen LogP contribution in [0.4, 0.5) is 17.3 Å². The third kappa shape index (κ3) is 4.82. The Morgan fingerprint density at radius 3 is 2.56 bits per heavy atom. The quantitative estimate of drug-likeness (QED) is 0.654. The topological polar surface area (TPSA) is 78.4 Å². The highest BCUT2D eigenvalue weighted by molar-refractivity contribution is 5.89. The number of carbonyl (C=O) groups is 1. The zero-order valence-electron chi connectivity index (χ0n) is 15.4. The minimum Gasteiger partial charge on any atom is -0.478 e. The van der Waals surface area contributed by atoms with E-state index in [2.05, 4.69) is 39.2 Å². The van der Waals surface area contributed by atoms with E-state index in [1.807, 2.05) is 37.3 Å². The standard InChI is InChI=1S/C21H22N4O2/c1-3-25(14-16-8-5-4-6-9-16)20-13-19(22-15(2)23-20)24-18-11-7-10-17(12-18)21(26)27/h4-13H,3,14H2,1-2H3,(H,26,27)(H,22,23,24). The number of aromatic nitrogens is 2. The van der Waals surface area contributed by atoms with Crippen LogP contribution in [0.25, 0.3) is 0 Å². The van der Waals surface area contributed by atoms with Gasteiger partial charge in [0.05, 0.1) is 5.56 Å². The summed E-state index contributed by atoms with van der Waals surface area (Å²) >= 11 is 0. The van der Waals surface area contributed by atoms with E-state index in [1.54, 1.807) is 18.2 Å². The number of nitrogens with zero attached hydrogens (tertiary/aromatic N) is 3. The maximum absolute atomic E-state index is 11.2. The fourth-order valence-corrected chi connectivity index (χ4v) is 2.81. The molecule has 0 bridgehead atoms. The van der Waals surface area contributed by atoms with Gasteiger partial charge in [-0.1, -0.05) is 36.4 Å². The number of aryl methyl sites for hydroxylation is 1. The molecule has 6 nitrogen and oxygen atoms in total. The van der Waals surface area contributed by atoms with Gasteiger partial charge in [-0.3, -0.25) is 0 Å². The molecule has 0 aliphatic carbocycles. The van der Waals surface area contributed by atoms with Crippen molar-refractivity contribution in [1.82, 2.24) is 9.97 Å². The molecule has 1 aromatic heterocycles. The van der Waals surface area contributed by atoms with Crippen molar-refractivity contribution < 1.29 is 9.90 Å². The van der Waals surface area contributed by atoms with Crippen LogP contribution in [0.15, 0.2) is 60.7 Å².